The van der Waals surface area contributed by atoms with Gasteiger partial charge in [-0.2, -0.15) is 0 Å². The molecule has 5 heteroatoms. The number of urea groups is 1. The molecule has 1 fully saturated rings. The van der Waals surface area contributed by atoms with E-state index in [0.29, 0.717) is 0 Å². The van der Waals surface area contributed by atoms with Gasteiger partial charge in [-0.3, -0.25) is 0 Å². The van der Waals surface area contributed by atoms with Gasteiger partial charge in [0, 0.05) is 6.61 Å². The molecule has 2 amide bonds. The molecule has 0 aliphatic carbocycles. The molecule has 0 saturated carbocycles. The summed E-state index contributed by atoms with van der Waals surface area (Å²) in [5.74, 6) is -0.447. The molecule has 1 aliphatic heterocycles. The quantitative estimate of drug-likeness (QED) is 0.868. The van der Waals surface area contributed by atoms with E-state index in [9.17, 15) is 9.18 Å². The van der Waals surface area contributed by atoms with Gasteiger partial charge in [0.25, 0.3) is 0 Å². The average Bonchev–Trinajstić information content (AvgIpc) is 2.85. The Hall–Kier alpha value is -1.62. The highest BCUT2D eigenvalue weighted by molar-refractivity contribution is 5.89. The second-order valence-electron chi connectivity index (χ2n) is 4.42. The molecule has 1 aromatic carbocycles. The number of para-hydroxylation sites is 1. The van der Waals surface area contributed by atoms with Crippen LogP contribution in [0.15, 0.2) is 24.3 Å². The third kappa shape index (κ3) is 3.20. The number of anilines is 1. The minimum absolute atomic E-state index is 0.0522. The van der Waals surface area contributed by atoms with Gasteiger partial charge in [-0.25, -0.2) is 9.18 Å². The van der Waals surface area contributed by atoms with Crippen LogP contribution in [0.4, 0.5) is 14.9 Å². The Morgan fingerprint density at radius 1 is 1.50 bits per heavy atom. The van der Waals surface area contributed by atoms with Gasteiger partial charge in [0.15, 0.2) is 0 Å². The lowest BCUT2D eigenvalue weighted by Crippen LogP contribution is -2.43. The van der Waals surface area contributed by atoms with Crippen molar-refractivity contribution in [2.75, 3.05) is 11.9 Å². The second kappa shape index (κ2) is 5.82. The maximum absolute atomic E-state index is 13.3. The van der Waals surface area contributed by atoms with Gasteiger partial charge in [-0.1, -0.05) is 12.1 Å². The number of hydrogen-bond donors (Lipinski definition) is 2. The Morgan fingerprint density at radius 3 is 2.94 bits per heavy atom. The van der Waals surface area contributed by atoms with Crippen LogP contribution in [0, 0.1) is 5.82 Å². The highest BCUT2D eigenvalue weighted by Crippen LogP contribution is 2.16. The molecule has 0 unspecified atom stereocenters. The van der Waals surface area contributed by atoms with Crippen molar-refractivity contribution in [2.24, 2.45) is 0 Å². The molecule has 2 N–H and O–H groups in total. The number of rotatable bonds is 3. The number of nitrogens with one attached hydrogen (secondary N) is 2. The Balaban J connectivity index is 1.86. The maximum atomic E-state index is 13.3. The average molecular weight is 252 g/mol. The summed E-state index contributed by atoms with van der Waals surface area (Å²) in [6.07, 6.45) is 2.02. The Kier molecular flexibility index (Phi) is 4.15. The van der Waals surface area contributed by atoms with Crippen LogP contribution in [-0.2, 0) is 4.74 Å². The van der Waals surface area contributed by atoms with Crippen LogP contribution in [0.2, 0.25) is 0 Å². The number of halogens is 1. The van der Waals surface area contributed by atoms with E-state index in [1.165, 1.54) is 12.1 Å². The Morgan fingerprint density at radius 2 is 2.28 bits per heavy atom. The monoisotopic (exact) mass is 252 g/mol. The largest absolute Gasteiger partial charge is 0.376 e. The first-order valence-electron chi connectivity index (χ1n) is 6.10. The fraction of sp³-hybridized carbons (Fsp3) is 0.462. The zero-order valence-electron chi connectivity index (χ0n) is 10.3. The lowest BCUT2D eigenvalue weighted by atomic mass is 10.1. The van der Waals surface area contributed by atoms with E-state index >= 15 is 0 Å². The van der Waals surface area contributed by atoms with Crippen LogP contribution < -0.4 is 10.6 Å². The third-order valence-electron chi connectivity index (χ3n) is 3.00. The molecule has 4 nitrogen and oxygen atoms in total. The first kappa shape index (κ1) is 12.8. The van der Waals surface area contributed by atoms with E-state index in [1.54, 1.807) is 12.1 Å². The molecule has 2 rings (SSSR count). The van der Waals surface area contributed by atoms with Crippen LogP contribution in [-0.4, -0.2) is 24.8 Å². The molecule has 98 valence electrons. The molecule has 1 aromatic rings. The minimum atomic E-state index is -0.447. The number of carbonyl (C=O) groups excluding carboxylic acids is 1. The third-order valence-corrected chi connectivity index (χ3v) is 3.00. The molecule has 1 aliphatic rings. The highest BCUT2D eigenvalue weighted by Gasteiger charge is 2.23. The van der Waals surface area contributed by atoms with Crippen molar-refractivity contribution in [2.45, 2.75) is 31.9 Å². The summed E-state index contributed by atoms with van der Waals surface area (Å²) in [4.78, 5) is 11.7. The molecular weight excluding hydrogens is 235 g/mol. The zero-order chi connectivity index (χ0) is 13.0. The fourth-order valence-electron chi connectivity index (χ4n) is 2.02. The molecule has 0 aromatic heterocycles. The van der Waals surface area contributed by atoms with Gasteiger partial charge in [0.2, 0.25) is 0 Å². The smallest absolute Gasteiger partial charge is 0.319 e. The summed E-state index contributed by atoms with van der Waals surface area (Å²) in [5, 5.41) is 5.24. The van der Waals surface area contributed by atoms with Crippen molar-refractivity contribution in [3.8, 4) is 0 Å². The van der Waals surface area contributed by atoms with E-state index < -0.39 is 11.8 Å². The summed E-state index contributed by atoms with van der Waals surface area (Å²) in [6, 6.07) is 5.57. The van der Waals surface area contributed by atoms with Gasteiger partial charge < -0.3 is 15.4 Å². The standard InChI is InChI=1S/C13H17FN2O2/c1-9(12-7-4-8-18-12)15-13(17)16-11-6-3-2-5-10(11)14/h2-3,5-6,9,12H,4,7-8H2,1H3,(H2,15,16,17)/t9-,12-/m0/s1. The SMILES string of the molecule is C[C@H](NC(=O)Nc1ccccc1F)[C@@H]1CCCO1. The number of hydrogen-bond acceptors (Lipinski definition) is 2. The lowest BCUT2D eigenvalue weighted by Gasteiger charge is -2.20. The van der Waals surface area contributed by atoms with Gasteiger partial charge in [0.1, 0.15) is 5.82 Å². The van der Waals surface area contributed by atoms with Crippen LogP contribution in [0.5, 0.6) is 0 Å². The molecule has 18 heavy (non-hydrogen) atoms. The lowest BCUT2D eigenvalue weighted by molar-refractivity contribution is 0.0868. The summed E-state index contributed by atoms with van der Waals surface area (Å²) < 4.78 is 18.8. The molecule has 0 spiro atoms. The second-order valence-corrected chi connectivity index (χ2v) is 4.42. The number of amides is 2. The molecule has 1 heterocycles. The van der Waals surface area contributed by atoms with Crippen molar-refractivity contribution in [3.63, 3.8) is 0 Å². The first-order chi connectivity index (χ1) is 8.66. The van der Waals surface area contributed by atoms with Gasteiger partial charge in [-0.15, -0.1) is 0 Å². The van der Waals surface area contributed by atoms with Crippen LogP contribution >= 0.6 is 0 Å². The molecular formula is C13H17FN2O2. The summed E-state index contributed by atoms with van der Waals surface area (Å²) in [6.45, 7) is 2.63. The minimum Gasteiger partial charge on any atom is -0.376 e. The topological polar surface area (TPSA) is 50.4 Å². The zero-order valence-corrected chi connectivity index (χ0v) is 10.3. The normalized spacial score (nSPS) is 20.4. The molecule has 0 radical (unpaired) electrons. The van der Waals surface area contributed by atoms with Gasteiger partial charge >= 0.3 is 6.03 Å². The first-order valence-corrected chi connectivity index (χ1v) is 6.10. The molecule has 1 saturated heterocycles. The van der Waals surface area contributed by atoms with Crippen molar-refractivity contribution in [1.29, 1.82) is 0 Å². The van der Waals surface area contributed by atoms with E-state index in [0.717, 1.165) is 19.4 Å². The highest BCUT2D eigenvalue weighted by atomic mass is 19.1. The summed E-state index contributed by atoms with van der Waals surface area (Å²) in [7, 11) is 0. The van der Waals surface area contributed by atoms with E-state index in [4.69, 9.17) is 4.74 Å². The van der Waals surface area contributed by atoms with Gasteiger partial charge in [-0.05, 0) is 31.9 Å². The molecule has 2 atom stereocenters. The Bertz CT molecular complexity index is 419. The van der Waals surface area contributed by atoms with Crippen LogP contribution in [0.1, 0.15) is 19.8 Å². The predicted molar refractivity (Wildman–Crippen MR) is 67.0 cm³/mol. The number of ether oxygens (including phenoxy) is 1. The van der Waals surface area contributed by atoms with Crippen molar-refractivity contribution < 1.29 is 13.9 Å². The van der Waals surface area contributed by atoms with Crippen LogP contribution in [0.25, 0.3) is 0 Å². The van der Waals surface area contributed by atoms with E-state index in [1.807, 2.05) is 6.92 Å². The maximum Gasteiger partial charge on any atom is 0.319 e. The predicted octanol–water partition coefficient (Wildman–Crippen LogP) is 2.51. The summed E-state index contributed by atoms with van der Waals surface area (Å²) in [5.41, 5.74) is 0.176. The Labute approximate surface area is 106 Å². The van der Waals surface area contributed by atoms with Crippen LogP contribution in [0.3, 0.4) is 0 Å². The van der Waals surface area contributed by atoms with Crippen molar-refractivity contribution in [1.82, 2.24) is 5.32 Å². The van der Waals surface area contributed by atoms with Crippen molar-refractivity contribution in [3.05, 3.63) is 30.1 Å². The number of benzene rings is 1. The van der Waals surface area contributed by atoms with E-state index in [-0.39, 0.29) is 17.8 Å². The van der Waals surface area contributed by atoms with Gasteiger partial charge in [0.05, 0.1) is 17.8 Å². The fourth-order valence-corrected chi connectivity index (χ4v) is 2.02. The molecule has 0 bridgehead atoms. The number of carbonyl (C=O) groups is 1. The van der Waals surface area contributed by atoms with Crippen molar-refractivity contribution >= 4 is 11.7 Å². The van der Waals surface area contributed by atoms with E-state index in [2.05, 4.69) is 10.6 Å². The summed E-state index contributed by atoms with van der Waals surface area (Å²) >= 11 is 0.